The monoisotopic (exact) mass is 413 g/mol. The number of hydrogen-bond acceptors (Lipinski definition) is 5. The van der Waals surface area contributed by atoms with Gasteiger partial charge in [-0.05, 0) is 81.9 Å². The quantitative estimate of drug-likeness (QED) is 0.523. The summed E-state index contributed by atoms with van der Waals surface area (Å²) in [6, 6.07) is 4.95. The van der Waals surface area contributed by atoms with E-state index < -0.39 is 6.04 Å². The molecule has 1 N–H and O–H groups in total. The lowest BCUT2D eigenvalue weighted by Gasteiger charge is -2.29. The summed E-state index contributed by atoms with van der Waals surface area (Å²) in [5.74, 6) is -0.0353. The Labute approximate surface area is 177 Å². The number of amides is 3. The predicted octanol–water partition coefficient (Wildman–Crippen LogP) is 2.48. The number of nitrogens with one attached hydrogen (secondary N) is 1. The smallest absolute Gasteiger partial charge is 0.255 e. The molecule has 30 heavy (non-hydrogen) atoms. The standard InChI is InChI=1S/C23H31N3O4/c27-21-10-9-20(22(28)24-21)26-16-17-15-18(7-8-19(17)23(26)29)30-14-6-2-5-13-25-11-3-1-4-12-25/h7-8,15,20H,1-6,9-14,16H2,(H,24,27,28). The van der Waals surface area contributed by atoms with Crippen molar-refractivity contribution in [3.63, 3.8) is 0 Å². The van der Waals surface area contributed by atoms with Crippen LogP contribution in [0.3, 0.4) is 0 Å². The Balaban J connectivity index is 1.23. The molecule has 1 aromatic carbocycles. The minimum absolute atomic E-state index is 0.149. The first-order valence-corrected chi connectivity index (χ1v) is 11.2. The molecule has 1 aromatic rings. The van der Waals surface area contributed by atoms with Gasteiger partial charge < -0.3 is 14.5 Å². The first-order chi connectivity index (χ1) is 14.6. The lowest BCUT2D eigenvalue weighted by atomic mass is 10.0. The van der Waals surface area contributed by atoms with E-state index in [1.165, 1.54) is 45.3 Å². The van der Waals surface area contributed by atoms with E-state index in [1.807, 2.05) is 12.1 Å². The Hall–Kier alpha value is -2.41. The molecule has 7 heteroatoms. The van der Waals surface area contributed by atoms with E-state index >= 15 is 0 Å². The van der Waals surface area contributed by atoms with Gasteiger partial charge in [-0.2, -0.15) is 0 Å². The first-order valence-electron chi connectivity index (χ1n) is 11.2. The van der Waals surface area contributed by atoms with E-state index in [2.05, 4.69) is 10.2 Å². The largest absolute Gasteiger partial charge is 0.494 e. The summed E-state index contributed by atoms with van der Waals surface area (Å²) < 4.78 is 5.91. The second kappa shape index (κ2) is 9.60. The molecule has 162 valence electrons. The van der Waals surface area contributed by atoms with Gasteiger partial charge >= 0.3 is 0 Å². The van der Waals surface area contributed by atoms with Crippen molar-refractivity contribution < 1.29 is 19.1 Å². The highest BCUT2D eigenvalue weighted by molar-refractivity contribution is 6.05. The number of ether oxygens (including phenoxy) is 1. The van der Waals surface area contributed by atoms with Crippen molar-refractivity contribution in [2.75, 3.05) is 26.2 Å². The molecule has 0 spiro atoms. The SMILES string of the molecule is O=C1CCC(N2Cc3cc(OCCCCCN4CCCCC4)ccc3C2=O)C(=O)N1. The lowest BCUT2D eigenvalue weighted by Crippen LogP contribution is -2.52. The van der Waals surface area contributed by atoms with Gasteiger partial charge in [0.1, 0.15) is 11.8 Å². The fourth-order valence-electron chi connectivity index (χ4n) is 4.63. The van der Waals surface area contributed by atoms with Crippen LogP contribution in [0.25, 0.3) is 0 Å². The van der Waals surface area contributed by atoms with E-state index in [0.717, 1.165) is 24.2 Å². The third-order valence-electron chi connectivity index (χ3n) is 6.33. The van der Waals surface area contributed by atoms with E-state index in [4.69, 9.17) is 4.74 Å². The molecule has 0 radical (unpaired) electrons. The Morgan fingerprint density at radius 2 is 1.87 bits per heavy atom. The first kappa shape index (κ1) is 20.8. The second-order valence-electron chi connectivity index (χ2n) is 8.53. The molecule has 3 aliphatic rings. The van der Waals surface area contributed by atoms with Crippen LogP contribution in [0.1, 0.15) is 67.3 Å². The Morgan fingerprint density at radius 3 is 2.67 bits per heavy atom. The van der Waals surface area contributed by atoms with Crippen LogP contribution in [0.15, 0.2) is 18.2 Å². The average molecular weight is 414 g/mol. The van der Waals surface area contributed by atoms with Crippen molar-refractivity contribution in [3.05, 3.63) is 29.3 Å². The van der Waals surface area contributed by atoms with Gasteiger partial charge in [0.25, 0.3) is 5.91 Å². The summed E-state index contributed by atoms with van der Waals surface area (Å²) in [6.07, 6.45) is 8.09. The van der Waals surface area contributed by atoms with Crippen LogP contribution in [0, 0.1) is 0 Å². The van der Waals surface area contributed by atoms with Gasteiger partial charge in [0, 0.05) is 18.5 Å². The highest BCUT2D eigenvalue weighted by Gasteiger charge is 2.39. The molecule has 1 unspecified atom stereocenters. The molecule has 0 aliphatic carbocycles. The number of unbranched alkanes of at least 4 members (excludes halogenated alkanes) is 2. The number of carbonyl (C=O) groups excluding carboxylic acids is 3. The zero-order valence-electron chi connectivity index (χ0n) is 17.5. The second-order valence-corrected chi connectivity index (χ2v) is 8.53. The van der Waals surface area contributed by atoms with Crippen molar-refractivity contribution in [1.29, 1.82) is 0 Å². The molecule has 3 heterocycles. The topological polar surface area (TPSA) is 79.0 Å². The van der Waals surface area contributed by atoms with Crippen LogP contribution in [0.2, 0.25) is 0 Å². The van der Waals surface area contributed by atoms with Gasteiger partial charge in [0.15, 0.2) is 0 Å². The molecule has 2 saturated heterocycles. The number of imide groups is 1. The van der Waals surface area contributed by atoms with Gasteiger partial charge in [-0.1, -0.05) is 6.42 Å². The highest BCUT2D eigenvalue weighted by atomic mass is 16.5. The van der Waals surface area contributed by atoms with Gasteiger partial charge in [-0.15, -0.1) is 0 Å². The molecule has 3 amide bonds. The molecule has 0 bridgehead atoms. The van der Waals surface area contributed by atoms with E-state index in [-0.39, 0.29) is 24.1 Å². The van der Waals surface area contributed by atoms with E-state index in [9.17, 15) is 14.4 Å². The van der Waals surface area contributed by atoms with Crippen LogP contribution in [0.5, 0.6) is 5.75 Å². The normalized spacial score (nSPS) is 22.2. The molecule has 7 nitrogen and oxygen atoms in total. The number of fused-ring (bicyclic) bond motifs is 1. The zero-order valence-corrected chi connectivity index (χ0v) is 17.5. The third-order valence-corrected chi connectivity index (χ3v) is 6.33. The van der Waals surface area contributed by atoms with Gasteiger partial charge in [-0.25, -0.2) is 0 Å². The summed E-state index contributed by atoms with van der Waals surface area (Å²) in [6.45, 7) is 4.74. The number of piperidine rings is 2. The maximum absolute atomic E-state index is 12.7. The van der Waals surface area contributed by atoms with Gasteiger partial charge in [-0.3, -0.25) is 19.7 Å². The van der Waals surface area contributed by atoms with Crippen molar-refractivity contribution in [2.45, 2.75) is 64.0 Å². The number of rotatable bonds is 8. The predicted molar refractivity (Wildman–Crippen MR) is 112 cm³/mol. The van der Waals surface area contributed by atoms with Crippen LogP contribution >= 0.6 is 0 Å². The Morgan fingerprint density at radius 1 is 1.03 bits per heavy atom. The number of nitrogens with zero attached hydrogens (tertiary/aromatic N) is 2. The minimum Gasteiger partial charge on any atom is -0.494 e. The molecule has 1 atom stereocenters. The molecule has 2 fully saturated rings. The van der Waals surface area contributed by atoms with Crippen LogP contribution < -0.4 is 10.1 Å². The van der Waals surface area contributed by atoms with E-state index in [0.29, 0.717) is 25.1 Å². The molecule has 3 aliphatic heterocycles. The van der Waals surface area contributed by atoms with Crippen LogP contribution in [0.4, 0.5) is 0 Å². The number of hydrogen-bond donors (Lipinski definition) is 1. The lowest BCUT2D eigenvalue weighted by molar-refractivity contribution is -0.136. The van der Waals surface area contributed by atoms with Gasteiger partial charge in [0.05, 0.1) is 6.61 Å². The minimum atomic E-state index is -0.577. The molecular formula is C23H31N3O4. The van der Waals surface area contributed by atoms with Gasteiger partial charge in [0.2, 0.25) is 11.8 Å². The zero-order chi connectivity index (χ0) is 20.9. The van der Waals surface area contributed by atoms with Crippen molar-refractivity contribution in [1.82, 2.24) is 15.1 Å². The average Bonchev–Trinajstić information content (AvgIpc) is 3.07. The Bertz CT molecular complexity index is 804. The fraction of sp³-hybridized carbons (Fsp3) is 0.609. The summed E-state index contributed by atoms with van der Waals surface area (Å²) >= 11 is 0. The van der Waals surface area contributed by atoms with Crippen LogP contribution in [-0.4, -0.2) is 59.8 Å². The van der Waals surface area contributed by atoms with Crippen LogP contribution in [-0.2, 0) is 16.1 Å². The molecular weight excluding hydrogens is 382 g/mol. The number of carbonyl (C=O) groups is 3. The van der Waals surface area contributed by atoms with E-state index in [1.54, 1.807) is 11.0 Å². The molecule has 0 aromatic heterocycles. The summed E-state index contributed by atoms with van der Waals surface area (Å²) in [5.41, 5.74) is 1.50. The number of benzene rings is 1. The maximum Gasteiger partial charge on any atom is 0.255 e. The maximum atomic E-state index is 12.7. The summed E-state index contributed by atoms with van der Waals surface area (Å²) in [5, 5.41) is 2.33. The Kier molecular flexibility index (Phi) is 6.67. The fourth-order valence-corrected chi connectivity index (χ4v) is 4.63. The third kappa shape index (κ3) is 4.83. The van der Waals surface area contributed by atoms with Crippen molar-refractivity contribution >= 4 is 17.7 Å². The highest BCUT2D eigenvalue weighted by Crippen LogP contribution is 2.30. The van der Waals surface area contributed by atoms with Crippen molar-refractivity contribution in [2.24, 2.45) is 0 Å². The summed E-state index contributed by atoms with van der Waals surface area (Å²) in [4.78, 5) is 40.3. The number of likely N-dealkylation sites (tertiary alicyclic amines) is 1. The molecule has 4 rings (SSSR count). The molecule has 0 saturated carbocycles. The van der Waals surface area contributed by atoms with Crippen molar-refractivity contribution in [3.8, 4) is 5.75 Å². The summed E-state index contributed by atoms with van der Waals surface area (Å²) in [7, 11) is 0.